The third-order valence-corrected chi connectivity index (χ3v) is 3.41. The summed E-state index contributed by atoms with van der Waals surface area (Å²) in [6, 6.07) is 0. The summed E-state index contributed by atoms with van der Waals surface area (Å²) in [7, 11) is 0. The molecule has 0 aliphatic carbocycles. The van der Waals surface area contributed by atoms with Gasteiger partial charge in [0.2, 0.25) is 0 Å². The number of rotatable bonds is 14. The summed E-state index contributed by atoms with van der Waals surface area (Å²) in [6.45, 7) is 2.18. The molecule has 0 rings (SSSR count). The lowest BCUT2D eigenvalue weighted by atomic mass is 10.0. The second-order valence-corrected chi connectivity index (χ2v) is 5.36. The Morgan fingerprint density at radius 2 is 1.11 bits per heavy atom. The summed E-state index contributed by atoms with van der Waals surface area (Å²) in [5, 5.41) is 8.48. The molecule has 3 heteroatoms. The van der Waals surface area contributed by atoms with Crippen LogP contribution in [0.1, 0.15) is 90.4 Å². The van der Waals surface area contributed by atoms with Crippen molar-refractivity contribution >= 4 is 11.8 Å². The molecule has 0 saturated heterocycles. The quantitative estimate of drug-likeness (QED) is 0.464. The molecule has 3 nitrogen and oxygen atoms in total. The van der Waals surface area contributed by atoms with Crippen molar-refractivity contribution in [1.82, 2.24) is 0 Å². The molecule has 0 amide bonds. The summed E-state index contributed by atoms with van der Waals surface area (Å²) in [4.78, 5) is 21.9. The minimum atomic E-state index is -0.700. The first-order chi connectivity index (χ1) is 9.16. The number of carbonyl (C=O) groups excluding carboxylic acids is 1. The number of carbonyl (C=O) groups is 2. The molecule has 0 radical (unpaired) electrons. The molecular formula is C16H30O3. The second kappa shape index (κ2) is 13.6. The summed E-state index contributed by atoms with van der Waals surface area (Å²) < 4.78 is 0. The first-order valence-corrected chi connectivity index (χ1v) is 7.90. The van der Waals surface area contributed by atoms with E-state index in [2.05, 4.69) is 6.92 Å². The standard InChI is InChI=1S/C16H30O3/c1-2-3-4-9-12-15(17)13-10-7-5-6-8-11-14-16(18)19/h2-14H2,1H3,(H,18,19). The molecule has 0 bridgehead atoms. The Hall–Kier alpha value is -0.860. The van der Waals surface area contributed by atoms with E-state index in [4.69, 9.17) is 5.11 Å². The van der Waals surface area contributed by atoms with Gasteiger partial charge in [0.25, 0.3) is 0 Å². The Balaban J connectivity index is 3.16. The number of hydrogen-bond donors (Lipinski definition) is 1. The predicted molar refractivity (Wildman–Crippen MR) is 78.3 cm³/mol. The zero-order valence-corrected chi connectivity index (χ0v) is 12.5. The van der Waals surface area contributed by atoms with Crippen LogP contribution >= 0.6 is 0 Å². The fourth-order valence-electron chi connectivity index (χ4n) is 2.18. The molecule has 0 atom stereocenters. The predicted octanol–water partition coefficient (Wildman–Crippen LogP) is 4.73. The van der Waals surface area contributed by atoms with E-state index in [0.29, 0.717) is 5.78 Å². The number of hydrogen-bond acceptors (Lipinski definition) is 2. The van der Waals surface area contributed by atoms with Crippen LogP contribution in [-0.2, 0) is 9.59 Å². The van der Waals surface area contributed by atoms with Crippen LogP contribution in [0.4, 0.5) is 0 Å². The van der Waals surface area contributed by atoms with Gasteiger partial charge in [0.15, 0.2) is 0 Å². The third-order valence-electron chi connectivity index (χ3n) is 3.41. The van der Waals surface area contributed by atoms with E-state index in [0.717, 1.165) is 57.8 Å². The van der Waals surface area contributed by atoms with Crippen molar-refractivity contribution in [3.8, 4) is 0 Å². The van der Waals surface area contributed by atoms with E-state index >= 15 is 0 Å². The number of aliphatic carboxylic acids is 1. The highest BCUT2D eigenvalue weighted by atomic mass is 16.4. The Labute approximate surface area is 117 Å². The van der Waals surface area contributed by atoms with Gasteiger partial charge < -0.3 is 5.11 Å². The Morgan fingerprint density at radius 1 is 0.684 bits per heavy atom. The monoisotopic (exact) mass is 270 g/mol. The summed E-state index contributed by atoms with van der Waals surface area (Å²) >= 11 is 0. The van der Waals surface area contributed by atoms with Crippen molar-refractivity contribution < 1.29 is 14.7 Å². The smallest absolute Gasteiger partial charge is 0.303 e. The number of carboxylic acid groups (broad SMARTS) is 1. The van der Waals surface area contributed by atoms with Gasteiger partial charge in [-0.15, -0.1) is 0 Å². The van der Waals surface area contributed by atoms with Crippen LogP contribution in [0.2, 0.25) is 0 Å². The fraction of sp³-hybridized carbons (Fsp3) is 0.875. The number of unbranched alkanes of at least 4 members (excludes halogenated alkanes) is 8. The number of ketones is 1. The molecule has 0 heterocycles. The van der Waals surface area contributed by atoms with Gasteiger partial charge in [0.1, 0.15) is 5.78 Å². The van der Waals surface area contributed by atoms with E-state index in [1.54, 1.807) is 0 Å². The molecule has 19 heavy (non-hydrogen) atoms. The highest BCUT2D eigenvalue weighted by Crippen LogP contribution is 2.11. The highest BCUT2D eigenvalue weighted by molar-refractivity contribution is 5.78. The van der Waals surface area contributed by atoms with Gasteiger partial charge >= 0.3 is 5.97 Å². The van der Waals surface area contributed by atoms with Crippen LogP contribution in [0.25, 0.3) is 0 Å². The minimum absolute atomic E-state index is 0.288. The Morgan fingerprint density at radius 3 is 1.58 bits per heavy atom. The zero-order valence-electron chi connectivity index (χ0n) is 12.5. The van der Waals surface area contributed by atoms with E-state index in [-0.39, 0.29) is 6.42 Å². The van der Waals surface area contributed by atoms with E-state index in [9.17, 15) is 9.59 Å². The maximum Gasteiger partial charge on any atom is 0.303 e. The average Bonchev–Trinajstić information content (AvgIpc) is 2.37. The molecular weight excluding hydrogens is 240 g/mol. The molecule has 0 spiro atoms. The topological polar surface area (TPSA) is 54.4 Å². The zero-order chi connectivity index (χ0) is 14.3. The number of Topliss-reactive ketones (excluding diaryl/α,β-unsaturated/α-hetero) is 1. The van der Waals surface area contributed by atoms with Crippen LogP contribution in [0, 0.1) is 0 Å². The van der Waals surface area contributed by atoms with E-state index in [1.807, 2.05) is 0 Å². The maximum absolute atomic E-state index is 11.6. The molecule has 0 aromatic heterocycles. The molecule has 112 valence electrons. The largest absolute Gasteiger partial charge is 0.481 e. The lowest BCUT2D eigenvalue weighted by Crippen LogP contribution is -1.97. The van der Waals surface area contributed by atoms with Crippen LogP contribution in [-0.4, -0.2) is 16.9 Å². The van der Waals surface area contributed by atoms with Crippen molar-refractivity contribution in [2.75, 3.05) is 0 Å². The van der Waals surface area contributed by atoms with Crippen molar-refractivity contribution in [2.45, 2.75) is 90.4 Å². The van der Waals surface area contributed by atoms with Crippen LogP contribution < -0.4 is 0 Å². The second-order valence-electron chi connectivity index (χ2n) is 5.36. The summed E-state index contributed by atoms with van der Waals surface area (Å²) in [5.41, 5.74) is 0. The van der Waals surface area contributed by atoms with Crippen molar-refractivity contribution in [3.63, 3.8) is 0 Å². The highest BCUT2D eigenvalue weighted by Gasteiger charge is 2.01. The van der Waals surface area contributed by atoms with Crippen molar-refractivity contribution in [3.05, 3.63) is 0 Å². The molecule has 0 aliphatic heterocycles. The number of carboxylic acids is 1. The minimum Gasteiger partial charge on any atom is -0.481 e. The van der Waals surface area contributed by atoms with Gasteiger partial charge in [0, 0.05) is 19.3 Å². The van der Waals surface area contributed by atoms with Crippen LogP contribution in [0.3, 0.4) is 0 Å². The van der Waals surface area contributed by atoms with Crippen LogP contribution in [0.5, 0.6) is 0 Å². The first-order valence-electron chi connectivity index (χ1n) is 7.90. The van der Waals surface area contributed by atoms with Gasteiger partial charge in [-0.1, -0.05) is 51.9 Å². The molecule has 0 aromatic rings. The Kier molecular flexibility index (Phi) is 13.0. The van der Waals surface area contributed by atoms with E-state index in [1.165, 1.54) is 19.3 Å². The first kappa shape index (κ1) is 18.1. The van der Waals surface area contributed by atoms with Gasteiger partial charge in [-0.3, -0.25) is 9.59 Å². The van der Waals surface area contributed by atoms with E-state index < -0.39 is 5.97 Å². The molecule has 0 aromatic carbocycles. The maximum atomic E-state index is 11.6. The molecule has 0 fully saturated rings. The normalized spacial score (nSPS) is 10.6. The van der Waals surface area contributed by atoms with Crippen molar-refractivity contribution in [2.24, 2.45) is 0 Å². The fourth-order valence-corrected chi connectivity index (χ4v) is 2.18. The van der Waals surface area contributed by atoms with Crippen LogP contribution in [0.15, 0.2) is 0 Å². The summed E-state index contributed by atoms with van der Waals surface area (Å²) in [6.07, 6.45) is 12.6. The third kappa shape index (κ3) is 15.1. The molecule has 1 N–H and O–H groups in total. The molecule has 0 unspecified atom stereocenters. The summed E-state index contributed by atoms with van der Waals surface area (Å²) in [5.74, 6) is -0.282. The SMILES string of the molecule is CCCCCCC(=O)CCCCCCCCC(=O)O. The average molecular weight is 270 g/mol. The lowest BCUT2D eigenvalue weighted by Gasteiger charge is -2.02. The lowest BCUT2D eigenvalue weighted by molar-refractivity contribution is -0.137. The molecule has 0 aliphatic rings. The Bertz CT molecular complexity index is 236. The van der Waals surface area contributed by atoms with Crippen molar-refractivity contribution in [1.29, 1.82) is 0 Å². The van der Waals surface area contributed by atoms with Gasteiger partial charge in [-0.25, -0.2) is 0 Å². The van der Waals surface area contributed by atoms with Gasteiger partial charge in [-0.2, -0.15) is 0 Å². The van der Waals surface area contributed by atoms with Gasteiger partial charge in [-0.05, 0) is 19.3 Å². The molecule has 0 saturated carbocycles. The van der Waals surface area contributed by atoms with Gasteiger partial charge in [0.05, 0.1) is 0 Å².